The van der Waals surface area contributed by atoms with Gasteiger partial charge in [-0.15, -0.1) is 0 Å². The van der Waals surface area contributed by atoms with Gasteiger partial charge in [0, 0.05) is 45.4 Å². The predicted molar refractivity (Wildman–Crippen MR) is 83.2 cm³/mol. The van der Waals surface area contributed by atoms with Crippen molar-refractivity contribution in [2.24, 2.45) is 5.92 Å². The first-order valence-electron chi connectivity index (χ1n) is 7.79. The topological polar surface area (TPSA) is 71.7 Å². The second-order valence-corrected chi connectivity index (χ2v) is 6.11. The van der Waals surface area contributed by atoms with Gasteiger partial charge in [0.2, 0.25) is 0 Å². The fourth-order valence-corrected chi connectivity index (χ4v) is 3.22. The summed E-state index contributed by atoms with van der Waals surface area (Å²) < 4.78 is 5.43. The monoisotopic (exact) mass is 306 g/mol. The number of hydrogen-bond acceptors (Lipinski definition) is 6. The lowest BCUT2D eigenvalue weighted by molar-refractivity contribution is -0.385. The van der Waals surface area contributed by atoms with Crippen molar-refractivity contribution in [2.75, 3.05) is 50.8 Å². The Bertz CT molecular complexity index is 538. The highest BCUT2D eigenvalue weighted by Crippen LogP contribution is 2.23. The summed E-state index contributed by atoms with van der Waals surface area (Å²) >= 11 is 0. The molecule has 0 spiro atoms. The van der Waals surface area contributed by atoms with Crippen LogP contribution in [-0.2, 0) is 4.74 Å². The molecule has 3 heterocycles. The van der Waals surface area contributed by atoms with Gasteiger partial charge in [-0.2, -0.15) is 0 Å². The molecule has 0 radical (unpaired) electrons. The van der Waals surface area contributed by atoms with E-state index in [-0.39, 0.29) is 5.69 Å². The van der Waals surface area contributed by atoms with Crippen molar-refractivity contribution >= 4 is 11.5 Å². The summed E-state index contributed by atoms with van der Waals surface area (Å²) in [6, 6.07) is 1.60. The smallest absolute Gasteiger partial charge is 0.287 e. The van der Waals surface area contributed by atoms with Crippen LogP contribution in [0.25, 0.3) is 0 Å². The van der Waals surface area contributed by atoms with Crippen LogP contribution >= 0.6 is 0 Å². The van der Waals surface area contributed by atoms with Gasteiger partial charge in [0.05, 0.1) is 11.5 Å². The molecule has 2 aliphatic heterocycles. The van der Waals surface area contributed by atoms with E-state index >= 15 is 0 Å². The molecule has 3 rings (SSSR count). The highest BCUT2D eigenvalue weighted by atomic mass is 16.6. The molecule has 1 unspecified atom stereocenters. The summed E-state index contributed by atoms with van der Waals surface area (Å²) in [6.45, 7) is 8.64. The predicted octanol–water partition coefficient (Wildman–Crippen LogP) is 1.46. The van der Waals surface area contributed by atoms with Crippen molar-refractivity contribution in [3.05, 3.63) is 27.9 Å². The van der Waals surface area contributed by atoms with Gasteiger partial charge in [-0.3, -0.25) is 15.0 Å². The molecule has 0 amide bonds. The number of rotatable bonds is 4. The zero-order chi connectivity index (χ0) is 15.5. The first kappa shape index (κ1) is 15.2. The largest absolute Gasteiger partial charge is 0.381 e. The average molecular weight is 306 g/mol. The van der Waals surface area contributed by atoms with Crippen molar-refractivity contribution < 1.29 is 9.66 Å². The number of hydrogen-bond donors (Lipinski definition) is 0. The molecule has 0 aromatic carbocycles. The number of nitrogens with zero attached hydrogens (tertiary/aromatic N) is 4. The van der Waals surface area contributed by atoms with Gasteiger partial charge >= 0.3 is 0 Å². The Hall–Kier alpha value is -1.73. The van der Waals surface area contributed by atoms with Gasteiger partial charge < -0.3 is 9.64 Å². The molecule has 2 fully saturated rings. The first-order valence-corrected chi connectivity index (χ1v) is 7.79. The van der Waals surface area contributed by atoms with Gasteiger partial charge in [0.1, 0.15) is 12.0 Å². The molecule has 1 aromatic rings. The second kappa shape index (κ2) is 6.58. The van der Waals surface area contributed by atoms with E-state index in [1.807, 2.05) is 6.92 Å². The van der Waals surface area contributed by atoms with Crippen LogP contribution < -0.4 is 4.90 Å². The molecule has 0 bridgehead atoms. The summed E-state index contributed by atoms with van der Waals surface area (Å²) in [7, 11) is 0. The van der Waals surface area contributed by atoms with Crippen molar-refractivity contribution in [3.8, 4) is 0 Å². The zero-order valence-corrected chi connectivity index (χ0v) is 12.9. The van der Waals surface area contributed by atoms with Crippen molar-refractivity contribution in [1.29, 1.82) is 0 Å². The lowest BCUT2D eigenvalue weighted by Gasteiger charge is -2.36. The van der Waals surface area contributed by atoms with Gasteiger partial charge in [-0.05, 0) is 24.8 Å². The minimum absolute atomic E-state index is 0.0566. The number of nitro groups is 1. The molecular formula is C15H22N4O3. The van der Waals surface area contributed by atoms with Crippen LogP contribution in [0.5, 0.6) is 0 Å². The highest BCUT2D eigenvalue weighted by Gasteiger charge is 2.24. The Morgan fingerprint density at radius 3 is 2.77 bits per heavy atom. The fraction of sp³-hybridized carbons (Fsp3) is 0.667. The van der Waals surface area contributed by atoms with E-state index in [1.165, 1.54) is 12.6 Å². The van der Waals surface area contributed by atoms with E-state index < -0.39 is 4.92 Å². The molecule has 7 nitrogen and oxygen atoms in total. The maximum Gasteiger partial charge on any atom is 0.287 e. The maximum atomic E-state index is 10.8. The van der Waals surface area contributed by atoms with E-state index in [4.69, 9.17) is 4.74 Å². The summed E-state index contributed by atoms with van der Waals surface area (Å²) in [5, 5.41) is 10.8. The SMILES string of the molecule is Cc1cc([N+](=O)[O-])cnc1N1CCN(CC2CCOC2)CC1. The normalized spacial score (nSPS) is 23.0. The second-order valence-electron chi connectivity index (χ2n) is 6.11. The van der Waals surface area contributed by atoms with Crippen LogP contribution in [0, 0.1) is 23.0 Å². The summed E-state index contributed by atoms with van der Waals surface area (Å²) in [4.78, 5) is 19.4. The molecule has 120 valence electrons. The lowest BCUT2D eigenvalue weighted by Crippen LogP contribution is -2.48. The number of aryl methyl sites for hydroxylation is 1. The third kappa shape index (κ3) is 3.36. The molecular weight excluding hydrogens is 284 g/mol. The minimum Gasteiger partial charge on any atom is -0.381 e. The van der Waals surface area contributed by atoms with Crippen molar-refractivity contribution in [3.63, 3.8) is 0 Å². The van der Waals surface area contributed by atoms with Crippen LogP contribution in [-0.4, -0.2) is 60.7 Å². The third-order valence-electron chi connectivity index (χ3n) is 4.46. The maximum absolute atomic E-state index is 10.8. The van der Waals surface area contributed by atoms with E-state index in [0.29, 0.717) is 5.92 Å². The van der Waals surface area contributed by atoms with Crippen LogP contribution in [0.4, 0.5) is 11.5 Å². The lowest BCUT2D eigenvalue weighted by atomic mass is 10.1. The van der Waals surface area contributed by atoms with Gasteiger partial charge in [0.25, 0.3) is 5.69 Å². The highest BCUT2D eigenvalue weighted by molar-refractivity contribution is 5.50. The van der Waals surface area contributed by atoms with Crippen LogP contribution in [0.2, 0.25) is 0 Å². The van der Waals surface area contributed by atoms with Crippen molar-refractivity contribution in [1.82, 2.24) is 9.88 Å². The Morgan fingerprint density at radius 2 is 2.18 bits per heavy atom. The molecule has 1 aromatic heterocycles. The number of aromatic nitrogens is 1. The molecule has 22 heavy (non-hydrogen) atoms. The molecule has 7 heteroatoms. The molecule has 0 aliphatic carbocycles. The summed E-state index contributed by atoms with van der Waals surface area (Å²) in [5.74, 6) is 1.54. The van der Waals surface area contributed by atoms with Gasteiger partial charge in [-0.1, -0.05) is 0 Å². The van der Waals surface area contributed by atoms with E-state index in [9.17, 15) is 10.1 Å². The van der Waals surface area contributed by atoms with E-state index in [1.54, 1.807) is 6.07 Å². The van der Waals surface area contributed by atoms with Crippen LogP contribution in [0.3, 0.4) is 0 Å². The molecule has 0 N–H and O–H groups in total. The van der Waals surface area contributed by atoms with E-state index in [0.717, 1.165) is 57.3 Å². The Labute approximate surface area is 130 Å². The van der Waals surface area contributed by atoms with Gasteiger partial charge in [-0.25, -0.2) is 4.98 Å². The zero-order valence-electron chi connectivity index (χ0n) is 12.9. The van der Waals surface area contributed by atoms with Crippen LogP contribution in [0.15, 0.2) is 12.3 Å². The first-order chi connectivity index (χ1) is 10.6. The standard InChI is InChI=1S/C15H22N4O3/c1-12-8-14(19(20)21)9-16-15(12)18-5-3-17(4-6-18)10-13-2-7-22-11-13/h8-9,13H,2-7,10-11H2,1H3. The number of piperazine rings is 1. The minimum atomic E-state index is -0.397. The summed E-state index contributed by atoms with van der Waals surface area (Å²) in [6.07, 6.45) is 2.52. The number of anilines is 1. The average Bonchev–Trinajstić information content (AvgIpc) is 3.01. The Balaban J connectivity index is 1.57. The Morgan fingerprint density at radius 1 is 1.41 bits per heavy atom. The molecule has 1 atom stereocenters. The molecule has 0 saturated carbocycles. The van der Waals surface area contributed by atoms with Crippen LogP contribution in [0.1, 0.15) is 12.0 Å². The Kier molecular flexibility index (Phi) is 4.54. The quantitative estimate of drug-likeness (QED) is 0.619. The van der Waals surface area contributed by atoms with E-state index in [2.05, 4.69) is 14.8 Å². The molecule has 2 aliphatic rings. The number of ether oxygens (including phenoxy) is 1. The molecule has 2 saturated heterocycles. The summed E-state index contributed by atoms with van der Waals surface area (Å²) in [5.41, 5.74) is 0.924. The van der Waals surface area contributed by atoms with Crippen molar-refractivity contribution in [2.45, 2.75) is 13.3 Å². The third-order valence-corrected chi connectivity index (χ3v) is 4.46. The fourth-order valence-electron chi connectivity index (χ4n) is 3.22. The number of pyridine rings is 1. The van der Waals surface area contributed by atoms with Gasteiger partial charge in [0.15, 0.2) is 0 Å².